The van der Waals surface area contributed by atoms with Crippen molar-refractivity contribution in [3.63, 3.8) is 0 Å². The van der Waals surface area contributed by atoms with Crippen LogP contribution in [0, 0.1) is 0 Å². The minimum Gasteiger partial charge on any atom is -0.381 e. The zero-order valence-electron chi connectivity index (χ0n) is 7.12. The molecule has 1 nitrogen and oxygen atoms in total. The van der Waals surface area contributed by atoms with Gasteiger partial charge in [0.15, 0.2) is 0 Å². The molecule has 1 saturated heterocycles. The number of thiophene rings is 1. The van der Waals surface area contributed by atoms with Crippen LogP contribution in [-0.4, -0.2) is 17.0 Å². The average molecular weight is 199 g/mol. The second kappa shape index (κ2) is 3.71. The van der Waals surface area contributed by atoms with Gasteiger partial charge in [-0.2, -0.15) is 23.1 Å². The summed E-state index contributed by atoms with van der Waals surface area (Å²) in [5.41, 5.74) is 1.29. The van der Waals surface area contributed by atoms with Gasteiger partial charge in [0, 0.05) is 28.1 Å². The van der Waals surface area contributed by atoms with Gasteiger partial charge in [0.2, 0.25) is 0 Å². The topological polar surface area (TPSA) is 12.0 Å². The highest BCUT2D eigenvalue weighted by atomic mass is 32.2. The van der Waals surface area contributed by atoms with E-state index in [0.717, 1.165) is 5.25 Å². The van der Waals surface area contributed by atoms with Crippen LogP contribution in [0.3, 0.4) is 0 Å². The van der Waals surface area contributed by atoms with Crippen molar-refractivity contribution >= 4 is 28.8 Å². The maximum atomic E-state index is 3.54. The van der Waals surface area contributed by atoms with E-state index in [4.69, 9.17) is 0 Å². The molecule has 0 aromatic carbocycles. The second-order valence-electron chi connectivity index (χ2n) is 3.23. The number of nitrogens with one attached hydrogen (secondary N) is 1. The Kier molecular flexibility index (Phi) is 2.61. The summed E-state index contributed by atoms with van der Waals surface area (Å²) in [7, 11) is 0. The van der Waals surface area contributed by atoms with E-state index in [0.29, 0.717) is 6.04 Å². The Labute approximate surface area is 81.6 Å². The first kappa shape index (κ1) is 8.45. The van der Waals surface area contributed by atoms with Crippen molar-refractivity contribution in [2.24, 2.45) is 0 Å². The van der Waals surface area contributed by atoms with Crippen molar-refractivity contribution in [1.29, 1.82) is 0 Å². The number of hydrogen-bond donors (Lipinski definition) is 1. The summed E-state index contributed by atoms with van der Waals surface area (Å²) in [6, 6.07) is 2.85. The maximum Gasteiger partial charge on any atom is 0.0451 e. The minimum atomic E-state index is 0.694. The van der Waals surface area contributed by atoms with Gasteiger partial charge in [-0.25, -0.2) is 0 Å². The maximum absolute atomic E-state index is 3.54. The van der Waals surface area contributed by atoms with E-state index >= 15 is 0 Å². The molecule has 2 unspecified atom stereocenters. The zero-order valence-corrected chi connectivity index (χ0v) is 8.75. The van der Waals surface area contributed by atoms with Crippen LogP contribution in [0.15, 0.2) is 16.8 Å². The lowest BCUT2D eigenvalue weighted by Gasteiger charge is -2.10. The molecular formula is C9H13NS2. The molecule has 3 heteroatoms. The largest absolute Gasteiger partial charge is 0.381 e. The van der Waals surface area contributed by atoms with Crippen molar-refractivity contribution < 1.29 is 0 Å². The first-order valence-corrected chi connectivity index (χ1v) is 6.24. The summed E-state index contributed by atoms with van der Waals surface area (Å²) >= 11 is 3.82. The fraction of sp³-hybridized carbons (Fsp3) is 0.556. The van der Waals surface area contributed by atoms with Crippen LogP contribution in [0.2, 0.25) is 0 Å². The molecule has 2 rings (SSSR count). The molecule has 1 N–H and O–H groups in total. The predicted molar refractivity (Wildman–Crippen MR) is 58.3 cm³/mol. The third-order valence-electron chi connectivity index (χ3n) is 2.09. The summed E-state index contributed by atoms with van der Waals surface area (Å²) < 4.78 is 0. The molecule has 1 aromatic heterocycles. The number of thioether (sulfide) groups is 1. The molecule has 1 aliphatic heterocycles. The molecule has 0 radical (unpaired) electrons. The molecule has 1 aliphatic rings. The minimum absolute atomic E-state index is 0.694. The molecule has 1 fully saturated rings. The highest BCUT2D eigenvalue weighted by Gasteiger charge is 2.21. The molecule has 0 bridgehead atoms. The Morgan fingerprint density at radius 1 is 1.58 bits per heavy atom. The van der Waals surface area contributed by atoms with Crippen molar-refractivity contribution in [1.82, 2.24) is 0 Å². The molecule has 2 atom stereocenters. The third-order valence-corrected chi connectivity index (χ3v) is 4.13. The fourth-order valence-corrected chi connectivity index (χ4v) is 3.25. The second-order valence-corrected chi connectivity index (χ2v) is 5.48. The van der Waals surface area contributed by atoms with Gasteiger partial charge in [-0.15, -0.1) is 0 Å². The number of anilines is 1. The highest BCUT2D eigenvalue weighted by molar-refractivity contribution is 8.00. The van der Waals surface area contributed by atoms with Gasteiger partial charge in [-0.05, 0) is 17.9 Å². The van der Waals surface area contributed by atoms with E-state index in [1.165, 1.54) is 17.9 Å². The van der Waals surface area contributed by atoms with Crippen molar-refractivity contribution in [3.8, 4) is 0 Å². The van der Waals surface area contributed by atoms with Gasteiger partial charge in [-0.3, -0.25) is 0 Å². The Bertz CT molecular complexity index is 233. The SMILES string of the molecule is CC1CC(Nc2ccsc2)CS1. The average Bonchev–Trinajstić information content (AvgIpc) is 2.63. The van der Waals surface area contributed by atoms with E-state index in [1.807, 2.05) is 0 Å². The smallest absolute Gasteiger partial charge is 0.0451 e. The lowest BCUT2D eigenvalue weighted by Crippen LogP contribution is -2.18. The summed E-state index contributed by atoms with van der Waals surface area (Å²) in [6.07, 6.45) is 1.31. The van der Waals surface area contributed by atoms with Crippen LogP contribution in [0.4, 0.5) is 5.69 Å². The molecule has 12 heavy (non-hydrogen) atoms. The quantitative estimate of drug-likeness (QED) is 0.785. The summed E-state index contributed by atoms with van der Waals surface area (Å²) in [5, 5.41) is 8.67. The summed E-state index contributed by atoms with van der Waals surface area (Å²) in [4.78, 5) is 0. The van der Waals surface area contributed by atoms with Gasteiger partial charge in [0.25, 0.3) is 0 Å². The van der Waals surface area contributed by atoms with E-state index in [9.17, 15) is 0 Å². The van der Waals surface area contributed by atoms with E-state index < -0.39 is 0 Å². The van der Waals surface area contributed by atoms with Crippen LogP contribution in [0.1, 0.15) is 13.3 Å². The molecule has 0 amide bonds. The summed E-state index contributed by atoms with van der Waals surface area (Å²) in [5.74, 6) is 1.26. The van der Waals surface area contributed by atoms with Crippen LogP contribution in [0.5, 0.6) is 0 Å². The molecule has 2 heterocycles. The third kappa shape index (κ3) is 1.96. The Morgan fingerprint density at radius 3 is 3.08 bits per heavy atom. The molecule has 0 spiro atoms. The molecule has 66 valence electrons. The van der Waals surface area contributed by atoms with Crippen LogP contribution >= 0.6 is 23.1 Å². The number of hydrogen-bond acceptors (Lipinski definition) is 3. The van der Waals surface area contributed by atoms with Gasteiger partial charge in [0.1, 0.15) is 0 Å². The van der Waals surface area contributed by atoms with Gasteiger partial charge in [-0.1, -0.05) is 6.92 Å². The highest BCUT2D eigenvalue weighted by Crippen LogP contribution is 2.28. The first-order valence-electron chi connectivity index (χ1n) is 4.25. The van der Waals surface area contributed by atoms with Gasteiger partial charge < -0.3 is 5.32 Å². The predicted octanol–water partition coefficient (Wildman–Crippen LogP) is 3.05. The van der Waals surface area contributed by atoms with Gasteiger partial charge >= 0.3 is 0 Å². The lowest BCUT2D eigenvalue weighted by molar-refractivity contribution is 0.747. The monoisotopic (exact) mass is 199 g/mol. The molecule has 1 aromatic rings. The van der Waals surface area contributed by atoms with Crippen molar-refractivity contribution in [2.75, 3.05) is 11.1 Å². The van der Waals surface area contributed by atoms with E-state index in [1.54, 1.807) is 11.3 Å². The fourth-order valence-electron chi connectivity index (χ4n) is 1.50. The standard InChI is InChI=1S/C9H13NS2/c1-7-4-9(6-12-7)10-8-2-3-11-5-8/h2-3,5,7,9-10H,4,6H2,1H3. The van der Waals surface area contributed by atoms with Gasteiger partial charge in [0.05, 0.1) is 0 Å². The molecule has 0 saturated carbocycles. The Hall–Kier alpha value is -0.150. The summed E-state index contributed by atoms with van der Waals surface area (Å²) in [6.45, 7) is 2.31. The van der Waals surface area contributed by atoms with E-state index in [-0.39, 0.29) is 0 Å². The lowest BCUT2D eigenvalue weighted by atomic mass is 10.2. The van der Waals surface area contributed by atoms with Crippen LogP contribution < -0.4 is 5.32 Å². The normalized spacial score (nSPS) is 29.1. The van der Waals surface area contributed by atoms with Crippen LogP contribution in [0.25, 0.3) is 0 Å². The first-order chi connectivity index (χ1) is 5.84. The molecule has 0 aliphatic carbocycles. The number of rotatable bonds is 2. The Balaban J connectivity index is 1.88. The van der Waals surface area contributed by atoms with E-state index in [2.05, 4.69) is 40.8 Å². The Morgan fingerprint density at radius 2 is 2.50 bits per heavy atom. The van der Waals surface area contributed by atoms with Crippen molar-refractivity contribution in [3.05, 3.63) is 16.8 Å². The molecular weight excluding hydrogens is 186 g/mol. The van der Waals surface area contributed by atoms with Crippen LogP contribution in [-0.2, 0) is 0 Å². The zero-order chi connectivity index (χ0) is 8.39. The van der Waals surface area contributed by atoms with Crippen molar-refractivity contribution in [2.45, 2.75) is 24.6 Å².